The summed E-state index contributed by atoms with van der Waals surface area (Å²) in [4.78, 5) is 15.9. The summed E-state index contributed by atoms with van der Waals surface area (Å²) in [6.07, 6.45) is -3.40. The molecule has 0 unspecified atom stereocenters. The molecule has 0 aliphatic carbocycles. The number of carbonyl (C=O) groups is 1. The second-order valence-electron chi connectivity index (χ2n) is 4.13. The van der Waals surface area contributed by atoms with Crippen LogP contribution in [-0.2, 0) is 0 Å². The van der Waals surface area contributed by atoms with Gasteiger partial charge in [0.1, 0.15) is 5.75 Å². The number of nitrogens with zero attached hydrogens (tertiary/aromatic N) is 1. The van der Waals surface area contributed by atoms with E-state index in [-0.39, 0.29) is 16.6 Å². The number of nitrogens with one attached hydrogen (secondary N) is 1. The number of hydrogen-bond acceptors (Lipinski definition) is 5. The number of rotatable bonds is 3. The van der Waals surface area contributed by atoms with Crippen molar-refractivity contribution in [2.75, 3.05) is 5.32 Å². The summed E-state index contributed by atoms with van der Waals surface area (Å²) >= 11 is 1.03. The number of halogens is 3. The van der Waals surface area contributed by atoms with Crippen molar-refractivity contribution in [3.63, 3.8) is 0 Å². The van der Waals surface area contributed by atoms with Crippen LogP contribution in [0, 0.1) is 0 Å². The van der Waals surface area contributed by atoms with Gasteiger partial charge < -0.3 is 9.15 Å². The Hall–Kier alpha value is -2.55. The molecule has 114 valence electrons. The third kappa shape index (κ3) is 3.19. The lowest BCUT2D eigenvalue weighted by atomic mass is 10.3. The quantitative estimate of drug-likeness (QED) is 0.788. The fourth-order valence-electron chi connectivity index (χ4n) is 1.72. The molecule has 3 rings (SSSR count). The molecule has 0 bridgehead atoms. The number of fused-ring (bicyclic) bond motifs is 1. The Bertz CT molecular complexity index is 812. The van der Waals surface area contributed by atoms with Crippen LogP contribution in [0.3, 0.4) is 0 Å². The molecule has 1 N–H and O–H groups in total. The zero-order valence-electron chi connectivity index (χ0n) is 10.7. The van der Waals surface area contributed by atoms with Gasteiger partial charge in [0.05, 0.1) is 16.5 Å². The maximum absolute atomic E-state index is 12.2. The molecule has 0 fully saturated rings. The molecule has 2 heterocycles. The number of ether oxygens (including phenoxy) is 1. The maximum atomic E-state index is 12.2. The molecule has 1 amide bonds. The number of furan rings is 1. The molecule has 0 saturated heterocycles. The summed E-state index contributed by atoms with van der Waals surface area (Å²) in [5, 5.41) is 2.76. The van der Waals surface area contributed by atoms with Crippen molar-refractivity contribution in [3.05, 3.63) is 42.4 Å². The molecule has 3 aromatic rings. The average molecular weight is 328 g/mol. The number of aromatic nitrogens is 1. The van der Waals surface area contributed by atoms with E-state index in [0.29, 0.717) is 10.2 Å². The van der Waals surface area contributed by atoms with Gasteiger partial charge in [0.2, 0.25) is 0 Å². The molecule has 0 atom stereocenters. The van der Waals surface area contributed by atoms with Gasteiger partial charge in [-0.25, -0.2) is 4.98 Å². The van der Waals surface area contributed by atoms with Crippen molar-refractivity contribution >= 4 is 32.6 Å². The molecular formula is C13H7F3N2O3S. The Morgan fingerprint density at radius 3 is 2.82 bits per heavy atom. The second-order valence-corrected chi connectivity index (χ2v) is 5.16. The summed E-state index contributed by atoms with van der Waals surface area (Å²) in [7, 11) is 0. The van der Waals surface area contributed by atoms with Crippen molar-refractivity contribution < 1.29 is 27.1 Å². The standard InChI is InChI=1S/C13H7F3N2O3S/c14-13(15,16)21-7-3-4-8-10(6-7)22-12(17-8)18-11(19)9-2-1-5-20-9/h1-6H,(H,17,18,19). The van der Waals surface area contributed by atoms with E-state index in [1.165, 1.54) is 24.5 Å². The topological polar surface area (TPSA) is 64.4 Å². The Morgan fingerprint density at radius 1 is 1.32 bits per heavy atom. The van der Waals surface area contributed by atoms with Gasteiger partial charge in [-0.3, -0.25) is 10.1 Å². The highest BCUT2D eigenvalue weighted by molar-refractivity contribution is 7.22. The van der Waals surface area contributed by atoms with Crippen LogP contribution in [0.1, 0.15) is 10.6 Å². The van der Waals surface area contributed by atoms with Crippen LogP contribution in [-0.4, -0.2) is 17.3 Å². The predicted octanol–water partition coefficient (Wildman–Crippen LogP) is 4.04. The highest BCUT2D eigenvalue weighted by Gasteiger charge is 2.31. The smallest absolute Gasteiger partial charge is 0.459 e. The summed E-state index contributed by atoms with van der Waals surface area (Å²) in [5.74, 6) is -0.719. The first-order valence-corrected chi connectivity index (χ1v) is 6.73. The number of benzene rings is 1. The highest BCUT2D eigenvalue weighted by Crippen LogP contribution is 2.31. The van der Waals surface area contributed by atoms with Gasteiger partial charge in [-0.05, 0) is 24.3 Å². The summed E-state index contributed by atoms with van der Waals surface area (Å²) < 4.78 is 45.7. The molecule has 9 heteroatoms. The van der Waals surface area contributed by atoms with Gasteiger partial charge in [0.15, 0.2) is 10.9 Å². The lowest BCUT2D eigenvalue weighted by Crippen LogP contribution is -2.16. The van der Waals surface area contributed by atoms with Crippen LogP contribution < -0.4 is 10.1 Å². The van der Waals surface area contributed by atoms with Crippen LogP contribution in [0.5, 0.6) is 5.75 Å². The van der Waals surface area contributed by atoms with E-state index in [1.54, 1.807) is 6.07 Å². The van der Waals surface area contributed by atoms with E-state index < -0.39 is 12.3 Å². The molecule has 0 saturated carbocycles. The van der Waals surface area contributed by atoms with Crippen molar-refractivity contribution in [1.29, 1.82) is 0 Å². The molecule has 0 spiro atoms. The SMILES string of the molecule is O=C(Nc1nc2ccc(OC(F)(F)F)cc2s1)c1ccco1. The lowest BCUT2D eigenvalue weighted by molar-refractivity contribution is -0.274. The number of hydrogen-bond donors (Lipinski definition) is 1. The zero-order chi connectivity index (χ0) is 15.7. The molecule has 5 nitrogen and oxygen atoms in total. The number of thiazole rings is 1. The minimum Gasteiger partial charge on any atom is -0.459 e. The van der Waals surface area contributed by atoms with E-state index >= 15 is 0 Å². The van der Waals surface area contributed by atoms with E-state index in [0.717, 1.165) is 17.4 Å². The van der Waals surface area contributed by atoms with E-state index in [1.807, 2.05) is 0 Å². The zero-order valence-corrected chi connectivity index (χ0v) is 11.5. The first-order chi connectivity index (χ1) is 10.4. The molecule has 22 heavy (non-hydrogen) atoms. The first kappa shape index (κ1) is 14.4. The van der Waals surface area contributed by atoms with Gasteiger partial charge in [0, 0.05) is 6.07 Å². The van der Waals surface area contributed by atoms with Crippen LogP contribution in [0.2, 0.25) is 0 Å². The second kappa shape index (κ2) is 5.34. The lowest BCUT2D eigenvalue weighted by Gasteiger charge is -2.07. The number of amides is 1. The van der Waals surface area contributed by atoms with Crippen molar-refractivity contribution in [2.24, 2.45) is 0 Å². The molecular weight excluding hydrogens is 321 g/mol. The molecule has 0 aliphatic heterocycles. The van der Waals surface area contributed by atoms with Crippen molar-refractivity contribution in [1.82, 2.24) is 4.98 Å². The minimum absolute atomic E-state index is 0.111. The van der Waals surface area contributed by atoms with E-state index in [9.17, 15) is 18.0 Å². The summed E-state index contributed by atoms with van der Waals surface area (Å²) in [6, 6.07) is 6.80. The number of alkyl halides is 3. The monoisotopic (exact) mass is 328 g/mol. The number of carbonyl (C=O) groups excluding carboxylic acids is 1. The van der Waals surface area contributed by atoms with Crippen LogP contribution >= 0.6 is 11.3 Å². The van der Waals surface area contributed by atoms with Crippen LogP contribution in [0.4, 0.5) is 18.3 Å². The van der Waals surface area contributed by atoms with Crippen LogP contribution in [0.25, 0.3) is 10.2 Å². The summed E-state index contributed by atoms with van der Waals surface area (Å²) in [5.41, 5.74) is 0.453. The van der Waals surface area contributed by atoms with E-state index in [4.69, 9.17) is 4.42 Å². The Kier molecular flexibility index (Phi) is 3.49. The van der Waals surface area contributed by atoms with Gasteiger partial charge >= 0.3 is 6.36 Å². The van der Waals surface area contributed by atoms with Crippen molar-refractivity contribution in [3.8, 4) is 5.75 Å². The van der Waals surface area contributed by atoms with Crippen molar-refractivity contribution in [2.45, 2.75) is 6.36 Å². The van der Waals surface area contributed by atoms with E-state index in [2.05, 4.69) is 15.0 Å². The van der Waals surface area contributed by atoms with Crippen LogP contribution in [0.15, 0.2) is 41.0 Å². The molecule has 1 aromatic carbocycles. The summed E-state index contributed by atoms with van der Waals surface area (Å²) in [6.45, 7) is 0. The first-order valence-electron chi connectivity index (χ1n) is 5.92. The average Bonchev–Trinajstić information content (AvgIpc) is 3.04. The third-order valence-electron chi connectivity index (χ3n) is 2.56. The largest absolute Gasteiger partial charge is 0.573 e. The maximum Gasteiger partial charge on any atom is 0.573 e. The van der Waals surface area contributed by atoms with Gasteiger partial charge in [0.25, 0.3) is 5.91 Å². The Labute approximate surface area is 125 Å². The fraction of sp³-hybridized carbons (Fsp3) is 0.0769. The molecule has 0 radical (unpaired) electrons. The normalized spacial score (nSPS) is 11.6. The van der Waals surface area contributed by atoms with Gasteiger partial charge in [-0.15, -0.1) is 13.2 Å². The fourth-order valence-corrected chi connectivity index (χ4v) is 2.61. The number of anilines is 1. The minimum atomic E-state index is -4.76. The molecule has 2 aromatic heterocycles. The predicted molar refractivity (Wildman–Crippen MR) is 73.0 cm³/mol. The Morgan fingerprint density at radius 2 is 2.14 bits per heavy atom. The van der Waals surface area contributed by atoms with Gasteiger partial charge in [-0.2, -0.15) is 0 Å². The molecule has 0 aliphatic rings. The Balaban J connectivity index is 1.82. The highest BCUT2D eigenvalue weighted by atomic mass is 32.1. The van der Waals surface area contributed by atoms with Gasteiger partial charge in [-0.1, -0.05) is 11.3 Å². The third-order valence-corrected chi connectivity index (χ3v) is 3.49.